The number of benzene rings is 1. The van der Waals surface area contributed by atoms with Gasteiger partial charge in [-0.2, -0.15) is 5.10 Å². The van der Waals surface area contributed by atoms with Crippen LogP contribution in [0.5, 0.6) is 0 Å². The minimum Gasteiger partial charge on any atom is -0.480 e. The molecule has 0 saturated carbocycles. The van der Waals surface area contributed by atoms with Crippen molar-refractivity contribution in [3.8, 4) is 5.69 Å². The lowest BCUT2D eigenvalue weighted by Gasteiger charge is -2.16. The van der Waals surface area contributed by atoms with Crippen LogP contribution in [-0.2, 0) is 4.79 Å². The zero-order chi connectivity index (χ0) is 21.0. The maximum atomic E-state index is 12.5. The van der Waals surface area contributed by atoms with E-state index in [9.17, 15) is 29.6 Å². The molecule has 0 radical (unpaired) electrons. The first-order chi connectivity index (χ1) is 13.1. The average Bonchev–Trinajstić information content (AvgIpc) is 2.60. The fraction of sp³-hybridized carbons (Fsp3) is 0.333. The maximum absolute atomic E-state index is 12.5. The van der Waals surface area contributed by atoms with E-state index in [-0.39, 0.29) is 29.4 Å². The molecule has 2 aromatic rings. The number of amides is 1. The third kappa shape index (κ3) is 4.58. The molecule has 0 bridgehead atoms. The Labute approximate surface area is 160 Å². The topological polar surface area (TPSA) is 144 Å². The van der Waals surface area contributed by atoms with Crippen molar-refractivity contribution in [1.29, 1.82) is 0 Å². The molecule has 0 fully saturated rings. The number of carbonyl (C=O) groups is 2. The summed E-state index contributed by atoms with van der Waals surface area (Å²) >= 11 is 0. The number of carbonyl (C=O) groups excluding carboxylic acids is 1. The normalized spacial score (nSPS) is 11.9. The summed E-state index contributed by atoms with van der Waals surface area (Å²) in [4.78, 5) is 46.8. The summed E-state index contributed by atoms with van der Waals surface area (Å²) in [6, 6.07) is 5.69. The number of aromatic nitrogens is 2. The fourth-order valence-corrected chi connectivity index (χ4v) is 2.67. The summed E-state index contributed by atoms with van der Waals surface area (Å²) in [6.07, 6.45) is 0.172. The summed E-state index contributed by atoms with van der Waals surface area (Å²) < 4.78 is 1.12. The van der Waals surface area contributed by atoms with Gasteiger partial charge in [-0.1, -0.05) is 26.0 Å². The second-order valence-corrected chi connectivity index (χ2v) is 6.65. The zero-order valence-electron chi connectivity index (χ0n) is 15.6. The van der Waals surface area contributed by atoms with Gasteiger partial charge in [0, 0.05) is 17.8 Å². The predicted octanol–water partition coefficient (Wildman–Crippen LogP) is 1.68. The number of aliphatic carboxylic acids is 1. The molecule has 10 heteroatoms. The van der Waals surface area contributed by atoms with Crippen molar-refractivity contribution < 1.29 is 19.6 Å². The molecule has 1 unspecified atom stereocenters. The number of para-hydroxylation sites is 2. The Morgan fingerprint density at radius 3 is 2.54 bits per heavy atom. The Morgan fingerprint density at radius 1 is 1.32 bits per heavy atom. The highest BCUT2D eigenvalue weighted by Gasteiger charge is 2.25. The van der Waals surface area contributed by atoms with Crippen molar-refractivity contribution in [1.82, 2.24) is 15.1 Å². The van der Waals surface area contributed by atoms with Crippen molar-refractivity contribution in [2.24, 2.45) is 5.92 Å². The molecule has 0 aliphatic rings. The summed E-state index contributed by atoms with van der Waals surface area (Å²) in [5, 5.41) is 26.8. The summed E-state index contributed by atoms with van der Waals surface area (Å²) in [5.74, 6) is -2.19. The molecule has 0 spiro atoms. The smallest absolute Gasteiger partial charge is 0.326 e. The van der Waals surface area contributed by atoms with Crippen LogP contribution in [0.1, 0.15) is 36.5 Å². The van der Waals surface area contributed by atoms with Crippen LogP contribution in [0.15, 0.2) is 35.1 Å². The Kier molecular flexibility index (Phi) is 6.24. The van der Waals surface area contributed by atoms with Crippen molar-refractivity contribution in [2.45, 2.75) is 33.2 Å². The molecule has 2 rings (SSSR count). The number of aryl methyl sites for hydroxylation is 1. The van der Waals surface area contributed by atoms with E-state index < -0.39 is 34.0 Å². The first-order valence-electron chi connectivity index (χ1n) is 8.50. The molecule has 10 nitrogen and oxygen atoms in total. The van der Waals surface area contributed by atoms with Gasteiger partial charge < -0.3 is 10.4 Å². The van der Waals surface area contributed by atoms with Gasteiger partial charge in [0.25, 0.3) is 11.6 Å². The Balaban J connectivity index is 2.49. The SMILES string of the molecule is Cc1cc(=O)c(C(=O)NC(CC(C)C)C(=O)O)nn1-c1ccccc1[N+](=O)[O-]. The number of nitro benzene ring substituents is 1. The molecular formula is C18H20N4O6. The standard InChI is InChI=1S/C18H20N4O6/c1-10(2)8-12(18(25)26)19-17(24)16-15(23)9-11(3)21(20-16)13-6-4-5-7-14(13)22(27)28/h4-7,9-10,12H,8H2,1-3H3,(H,19,24)(H,25,26). The molecule has 148 valence electrons. The highest BCUT2D eigenvalue weighted by molar-refractivity contribution is 5.94. The molecule has 1 heterocycles. The number of rotatable bonds is 7. The molecule has 0 saturated heterocycles. The lowest BCUT2D eigenvalue weighted by Crippen LogP contribution is -2.43. The van der Waals surface area contributed by atoms with E-state index in [1.54, 1.807) is 19.9 Å². The average molecular weight is 388 g/mol. The highest BCUT2D eigenvalue weighted by Crippen LogP contribution is 2.22. The van der Waals surface area contributed by atoms with Gasteiger partial charge in [0.2, 0.25) is 5.43 Å². The second-order valence-electron chi connectivity index (χ2n) is 6.65. The molecule has 1 aromatic carbocycles. The van der Waals surface area contributed by atoms with Gasteiger partial charge >= 0.3 is 5.97 Å². The number of nitrogens with one attached hydrogen (secondary N) is 1. The Morgan fingerprint density at radius 2 is 1.96 bits per heavy atom. The van der Waals surface area contributed by atoms with Gasteiger partial charge in [-0.05, 0) is 25.3 Å². The van der Waals surface area contributed by atoms with Crippen molar-refractivity contribution in [3.05, 3.63) is 62.1 Å². The maximum Gasteiger partial charge on any atom is 0.326 e. The number of nitrogens with zero attached hydrogens (tertiary/aromatic N) is 3. The Bertz CT molecular complexity index is 982. The monoisotopic (exact) mass is 388 g/mol. The van der Waals surface area contributed by atoms with Crippen molar-refractivity contribution in [2.75, 3.05) is 0 Å². The predicted molar refractivity (Wildman–Crippen MR) is 99.6 cm³/mol. The molecule has 0 aliphatic carbocycles. The van der Waals surface area contributed by atoms with Crippen LogP contribution in [-0.4, -0.2) is 37.7 Å². The quantitative estimate of drug-likeness (QED) is 0.542. The van der Waals surface area contributed by atoms with E-state index in [4.69, 9.17) is 0 Å². The summed E-state index contributed by atoms with van der Waals surface area (Å²) in [6.45, 7) is 5.12. The van der Waals surface area contributed by atoms with Crippen LogP contribution < -0.4 is 10.7 Å². The number of nitro groups is 1. The lowest BCUT2D eigenvalue weighted by molar-refractivity contribution is -0.384. The fourth-order valence-electron chi connectivity index (χ4n) is 2.67. The van der Waals surface area contributed by atoms with Gasteiger partial charge in [0.1, 0.15) is 11.7 Å². The second kappa shape index (κ2) is 8.42. The van der Waals surface area contributed by atoms with Gasteiger partial charge in [-0.15, -0.1) is 0 Å². The minimum atomic E-state index is -1.23. The molecule has 1 atom stereocenters. The number of hydrogen-bond donors (Lipinski definition) is 2. The lowest BCUT2D eigenvalue weighted by atomic mass is 10.0. The summed E-state index contributed by atoms with van der Waals surface area (Å²) in [5.41, 5.74) is -1.14. The molecule has 2 N–H and O–H groups in total. The van der Waals surface area contributed by atoms with E-state index in [0.29, 0.717) is 0 Å². The third-order valence-electron chi connectivity index (χ3n) is 3.94. The molecule has 1 aromatic heterocycles. The van der Waals surface area contributed by atoms with E-state index in [2.05, 4.69) is 10.4 Å². The van der Waals surface area contributed by atoms with Crippen LogP contribution in [0.2, 0.25) is 0 Å². The van der Waals surface area contributed by atoms with Crippen LogP contribution in [0, 0.1) is 23.0 Å². The zero-order valence-corrected chi connectivity index (χ0v) is 15.6. The van der Waals surface area contributed by atoms with Gasteiger partial charge in [0.15, 0.2) is 5.69 Å². The first kappa shape index (κ1) is 20.7. The van der Waals surface area contributed by atoms with Crippen LogP contribution in [0.3, 0.4) is 0 Å². The van der Waals surface area contributed by atoms with Crippen molar-refractivity contribution in [3.63, 3.8) is 0 Å². The molecular weight excluding hydrogens is 368 g/mol. The first-order valence-corrected chi connectivity index (χ1v) is 8.50. The largest absolute Gasteiger partial charge is 0.480 e. The van der Waals surface area contributed by atoms with E-state index in [1.165, 1.54) is 25.1 Å². The van der Waals surface area contributed by atoms with Crippen LogP contribution in [0.25, 0.3) is 5.69 Å². The van der Waals surface area contributed by atoms with Gasteiger partial charge in [0.05, 0.1) is 4.92 Å². The van der Waals surface area contributed by atoms with Crippen LogP contribution in [0.4, 0.5) is 5.69 Å². The molecule has 0 aliphatic heterocycles. The summed E-state index contributed by atoms with van der Waals surface area (Å²) in [7, 11) is 0. The number of carboxylic acids is 1. The molecule has 1 amide bonds. The van der Waals surface area contributed by atoms with E-state index in [1.807, 2.05) is 0 Å². The number of carboxylic acid groups (broad SMARTS) is 1. The van der Waals surface area contributed by atoms with Gasteiger partial charge in [-0.25, -0.2) is 9.48 Å². The number of hydrogen-bond acceptors (Lipinski definition) is 6. The highest BCUT2D eigenvalue weighted by atomic mass is 16.6. The minimum absolute atomic E-state index is 0.00370. The van der Waals surface area contributed by atoms with E-state index >= 15 is 0 Å². The van der Waals surface area contributed by atoms with Crippen LogP contribution >= 0.6 is 0 Å². The third-order valence-corrected chi connectivity index (χ3v) is 3.94. The van der Waals surface area contributed by atoms with Gasteiger partial charge in [-0.3, -0.25) is 19.7 Å². The Hall–Kier alpha value is -3.56. The molecule has 28 heavy (non-hydrogen) atoms. The van der Waals surface area contributed by atoms with E-state index in [0.717, 1.165) is 10.7 Å². The van der Waals surface area contributed by atoms with Crippen molar-refractivity contribution >= 4 is 17.6 Å².